The molecule has 0 amide bonds. The van der Waals surface area contributed by atoms with Crippen LogP contribution in [0, 0.1) is 17.8 Å². The van der Waals surface area contributed by atoms with Gasteiger partial charge in [0, 0.05) is 6.54 Å². The van der Waals surface area contributed by atoms with Crippen molar-refractivity contribution >= 4 is 0 Å². The lowest BCUT2D eigenvalue weighted by Gasteiger charge is -2.29. The Bertz CT molecular complexity index is 126. The molecule has 0 bridgehead atoms. The van der Waals surface area contributed by atoms with Crippen LogP contribution in [-0.2, 0) is 0 Å². The Labute approximate surface area is 83.5 Å². The van der Waals surface area contributed by atoms with Gasteiger partial charge in [0.05, 0.1) is 0 Å². The van der Waals surface area contributed by atoms with E-state index in [9.17, 15) is 0 Å². The Kier molecular flexibility index (Phi) is 4.24. The highest BCUT2D eigenvalue weighted by molar-refractivity contribution is 4.74. The second-order valence-corrected chi connectivity index (χ2v) is 5.16. The molecule has 13 heavy (non-hydrogen) atoms. The molecule has 1 aliphatic heterocycles. The Morgan fingerprint density at radius 2 is 1.38 bits per heavy atom. The van der Waals surface area contributed by atoms with Gasteiger partial charge < -0.3 is 4.90 Å². The van der Waals surface area contributed by atoms with Gasteiger partial charge in [0.2, 0.25) is 0 Å². The Balaban J connectivity index is 2.37. The first-order valence-electron chi connectivity index (χ1n) is 5.83. The lowest BCUT2D eigenvalue weighted by Crippen LogP contribution is -2.32. The first kappa shape index (κ1) is 11.0. The van der Waals surface area contributed by atoms with Crippen LogP contribution in [0.1, 0.15) is 40.5 Å². The van der Waals surface area contributed by atoms with Gasteiger partial charge in [-0.3, -0.25) is 0 Å². The van der Waals surface area contributed by atoms with E-state index in [1.165, 1.54) is 32.5 Å². The maximum atomic E-state index is 2.64. The number of rotatable bonds is 4. The van der Waals surface area contributed by atoms with Gasteiger partial charge in [0.1, 0.15) is 0 Å². The van der Waals surface area contributed by atoms with Crippen LogP contribution in [0.2, 0.25) is 0 Å². The quantitative estimate of drug-likeness (QED) is 0.647. The van der Waals surface area contributed by atoms with E-state index >= 15 is 0 Å². The third-order valence-electron chi connectivity index (χ3n) is 3.38. The maximum Gasteiger partial charge on any atom is 0.00145 e. The summed E-state index contributed by atoms with van der Waals surface area (Å²) < 4.78 is 0. The van der Waals surface area contributed by atoms with Crippen LogP contribution in [0.25, 0.3) is 0 Å². The zero-order valence-corrected chi connectivity index (χ0v) is 9.71. The summed E-state index contributed by atoms with van der Waals surface area (Å²) >= 11 is 0. The highest BCUT2D eigenvalue weighted by atomic mass is 15.1. The summed E-state index contributed by atoms with van der Waals surface area (Å²) in [4.78, 5) is 2.64. The summed E-state index contributed by atoms with van der Waals surface area (Å²) in [6.07, 6.45) is 2.84. The topological polar surface area (TPSA) is 3.24 Å². The summed E-state index contributed by atoms with van der Waals surface area (Å²) in [5.74, 6) is 2.55. The Morgan fingerprint density at radius 1 is 0.923 bits per heavy atom. The van der Waals surface area contributed by atoms with Crippen LogP contribution in [0.3, 0.4) is 0 Å². The second kappa shape index (κ2) is 4.99. The van der Waals surface area contributed by atoms with Crippen molar-refractivity contribution in [1.82, 2.24) is 4.90 Å². The van der Waals surface area contributed by atoms with Crippen LogP contribution in [0.4, 0.5) is 0 Å². The van der Waals surface area contributed by atoms with E-state index in [4.69, 9.17) is 0 Å². The molecule has 0 aromatic heterocycles. The third-order valence-corrected chi connectivity index (χ3v) is 3.38. The molecule has 1 heteroatoms. The molecule has 0 aromatic rings. The first-order chi connectivity index (χ1) is 6.11. The molecular weight excluding hydrogens is 158 g/mol. The molecule has 0 saturated carbocycles. The largest absolute Gasteiger partial charge is 0.303 e. The van der Waals surface area contributed by atoms with Gasteiger partial charge in [-0.1, -0.05) is 27.7 Å². The van der Waals surface area contributed by atoms with Crippen LogP contribution in [0.5, 0.6) is 0 Å². The molecule has 0 unspecified atom stereocenters. The van der Waals surface area contributed by atoms with Crippen LogP contribution in [0.15, 0.2) is 0 Å². The molecule has 0 N–H and O–H groups in total. The van der Waals surface area contributed by atoms with Crippen molar-refractivity contribution in [2.45, 2.75) is 40.5 Å². The zero-order chi connectivity index (χ0) is 9.84. The Hall–Kier alpha value is -0.0400. The fourth-order valence-corrected chi connectivity index (χ4v) is 2.45. The van der Waals surface area contributed by atoms with Gasteiger partial charge in [-0.15, -0.1) is 0 Å². The summed E-state index contributed by atoms with van der Waals surface area (Å²) in [5, 5.41) is 0. The first-order valence-corrected chi connectivity index (χ1v) is 5.83. The summed E-state index contributed by atoms with van der Waals surface area (Å²) in [7, 11) is 0. The molecule has 0 aliphatic carbocycles. The molecule has 1 rings (SSSR count). The standard InChI is InChI=1S/C12H25N/c1-10(2)12(11(3)4)9-13-7-5-6-8-13/h10-12H,5-9H2,1-4H3. The third kappa shape index (κ3) is 3.30. The van der Waals surface area contributed by atoms with Gasteiger partial charge in [-0.05, 0) is 43.7 Å². The van der Waals surface area contributed by atoms with Crippen molar-refractivity contribution in [2.75, 3.05) is 19.6 Å². The van der Waals surface area contributed by atoms with E-state index in [0.29, 0.717) is 0 Å². The van der Waals surface area contributed by atoms with E-state index in [0.717, 1.165) is 17.8 Å². The van der Waals surface area contributed by atoms with E-state index in [1.54, 1.807) is 0 Å². The van der Waals surface area contributed by atoms with Crippen molar-refractivity contribution in [1.29, 1.82) is 0 Å². The fourth-order valence-electron chi connectivity index (χ4n) is 2.45. The van der Waals surface area contributed by atoms with Gasteiger partial charge in [0.25, 0.3) is 0 Å². The molecule has 0 aromatic carbocycles. The maximum absolute atomic E-state index is 2.64. The van der Waals surface area contributed by atoms with E-state index < -0.39 is 0 Å². The molecule has 78 valence electrons. The molecule has 1 aliphatic rings. The molecule has 1 saturated heterocycles. The van der Waals surface area contributed by atoms with E-state index in [-0.39, 0.29) is 0 Å². The highest BCUT2D eigenvalue weighted by Crippen LogP contribution is 2.23. The van der Waals surface area contributed by atoms with Crippen molar-refractivity contribution in [3.8, 4) is 0 Å². The lowest BCUT2D eigenvalue weighted by molar-refractivity contribution is 0.190. The minimum Gasteiger partial charge on any atom is -0.303 e. The minimum absolute atomic E-state index is 0.834. The van der Waals surface area contributed by atoms with Crippen LogP contribution >= 0.6 is 0 Å². The summed E-state index contributed by atoms with van der Waals surface area (Å²) in [5.41, 5.74) is 0. The van der Waals surface area contributed by atoms with Crippen molar-refractivity contribution < 1.29 is 0 Å². The summed E-state index contributed by atoms with van der Waals surface area (Å²) in [6, 6.07) is 0. The Morgan fingerprint density at radius 3 is 1.77 bits per heavy atom. The zero-order valence-electron chi connectivity index (χ0n) is 9.71. The highest BCUT2D eigenvalue weighted by Gasteiger charge is 2.22. The smallest absolute Gasteiger partial charge is 0.00145 e. The average Bonchev–Trinajstić information content (AvgIpc) is 2.50. The normalized spacial score (nSPS) is 19.6. The predicted octanol–water partition coefficient (Wildman–Crippen LogP) is 3.01. The molecule has 0 atom stereocenters. The molecular formula is C12H25N. The average molecular weight is 183 g/mol. The number of hydrogen-bond acceptors (Lipinski definition) is 1. The van der Waals surface area contributed by atoms with Gasteiger partial charge >= 0.3 is 0 Å². The number of likely N-dealkylation sites (tertiary alicyclic amines) is 1. The second-order valence-electron chi connectivity index (χ2n) is 5.16. The number of nitrogens with zero attached hydrogens (tertiary/aromatic N) is 1. The van der Waals surface area contributed by atoms with Crippen molar-refractivity contribution in [3.63, 3.8) is 0 Å². The minimum atomic E-state index is 0.834. The molecule has 1 fully saturated rings. The SMILES string of the molecule is CC(C)C(CN1CCCC1)C(C)C. The van der Waals surface area contributed by atoms with Crippen molar-refractivity contribution in [2.24, 2.45) is 17.8 Å². The van der Waals surface area contributed by atoms with Gasteiger partial charge in [-0.25, -0.2) is 0 Å². The van der Waals surface area contributed by atoms with E-state index in [1.807, 2.05) is 0 Å². The fraction of sp³-hybridized carbons (Fsp3) is 1.00. The van der Waals surface area contributed by atoms with E-state index in [2.05, 4.69) is 32.6 Å². The van der Waals surface area contributed by atoms with Gasteiger partial charge in [-0.2, -0.15) is 0 Å². The molecule has 1 nitrogen and oxygen atoms in total. The van der Waals surface area contributed by atoms with Crippen molar-refractivity contribution in [3.05, 3.63) is 0 Å². The molecule has 0 radical (unpaired) electrons. The van der Waals surface area contributed by atoms with Gasteiger partial charge in [0.15, 0.2) is 0 Å². The predicted molar refractivity (Wildman–Crippen MR) is 58.8 cm³/mol. The number of hydrogen-bond donors (Lipinski definition) is 0. The van der Waals surface area contributed by atoms with Crippen LogP contribution < -0.4 is 0 Å². The van der Waals surface area contributed by atoms with Crippen LogP contribution in [-0.4, -0.2) is 24.5 Å². The molecule has 1 heterocycles. The lowest BCUT2D eigenvalue weighted by atomic mass is 9.85. The molecule has 0 spiro atoms. The summed E-state index contributed by atoms with van der Waals surface area (Å²) in [6.45, 7) is 13.5. The monoisotopic (exact) mass is 183 g/mol.